The van der Waals surface area contributed by atoms with E-state index in [4.69, 9.17) is 0 Å². The number of benzene rings is 1. The predicted octanol–water partition coefficient (Wildman–Crippen LogP) is 3.32. The third kappa shape index (κ3) is 2.36. The van der Waals surface area contributed by atoms with E-state index in [9.17, 15) is 4.79 Å². The van der Waals surface area contributed by atoms with E-state index in [0.717, 1.165) is 41.6 Å². The van der Waals surface area contributed by atoms with Gasteiger partial charge < -0.3 is 4.79 Å². The maximum absolute atomic E-state index is 11.3. The second-order valence-corrected chi connectivity index (χ2v) is 5.79. The summed E-state index contributed by atoms with van der Waals surface area (Å²) in [5, 5.41) is 8.71. The van der Waals surface area contributed by atoms with E-state index in [-0.39, 0.29) is 5.92 Å². The van der Waals surface area contributed by atoms with Crippen molar-refractivity contribution < 1.29 is 4.79 Å². The van der Waals surface area contributed by atoms with E-state index in [1.807, 2.05) is 18.2 Å². The minimum atomic E-state index is -0.0344. The first-order valence-electron chi connectivity index (χ1n) is 7.06. The van der Waals surface area contributed by atoms with Crippen LogP contribution in [0.4, 0.5) is 0 Å². The molecule has 2 atom stereocenters. The van der Waals surface area contributed by atoms with E-state index in [1.165, 1.54) is 5.56 Å². The fourth-order valence-electron chi connectivity index (χ4n) is 2.96. The van der Waals surface area contributed by atoms with Crippen LogP contribution in [0.5, 0.6) is 0 Å². The topological polar surface area (TPSA) is 42.9 Å². The molecule has 0 amide bonds. The van der Waals surface area contributed by atoms with Crippen molar-refractivity contribution in [2.45, 2.75) is 32.6 Å². The Kier molecular flexibility index (Phi) is 3.35. The van der Waals surface area contributed by atoms with Crippen LogP contribution < -0.4 is 0 Å². The van der Waals surface area contributed by atoms with Gasteiger partial charge in [-0.15, -0.1) is 0 Å². The Morgan fingerprint density at radius 2 is 2.10 bits per heavy atom. The van der Waals surface area contributed by atoms with Crippen molar-refractivity contribution in [3.63, 3.8) is 0 Å². The molecule has 3 heteroatoms. The molecule has 102 valence electrons. The number of hydrogen-bond donors (Lipinski definition) is 0. The molecule has 20 heavy (non-hydrogen) atoms. The van der Waals surface area contributed by atoms with Gasteiger partial charge in [-0.3, -0.25) is 0 Å². The van der Waals surface area contributed by atoms with Crippen LogP contribution in [0.3, 0.4) is 0 Å². The third-order valence-electron chi connectivity index (χ3n) is 3.98. The molecule has 0 spiro atoms. The van der Waals surface area contributed by atoms with Crippen molar-refractivity contribution >= 4 is 6.29 Å². The third-order valence-corrected chi connectivity index (χ3v) is 3.98. The fraction of sp³-hybridized carbons (Fsp3) is 0.353. The van der Waals surface area contributed by atoms with Gasteiger partial charge in [0, 0.05) is 11.5 Å². The minimum absolute atomic E-state index is 0.0344. The lowest BCUT2D eigenvalue weighted by molar-refractivity contribution is -0.109. The van der Waals surface area contributed by atoms with Gasteiger partial charge in [0.05, 0.1) is 11.4 Å². The van der Waals surface area contributed by atoms with E-state index in [1.54, 1.807) is 0 Å². The Morgan fingerprint density at radius 1 is 1.25 bits per heavy atom. The maximum atomic E-state index is 11.3. The summed E-state index contributed by atoms with van der Waals surface area (Å²) < 4.78 is 0. The highest BCUT2D eigenvalue weighted by Gasteiger charge is 2.26. The molecule has 1 aromatic heterocycles. The summed E-state index contributed by atoms with van der Waals surface area (Å²) in [6.45, 7) is 4.22. The highest BCUT2D eigenvalue weighted by atomic mass is 16.1. The van der Waals surface area contributed by atoms with Gasteiger partial charge in [-0.1, -0.05) is 30.7 Å². The van der Waals surface area contributed by atoms with Crippen LogP contribution in [0.1, 0.15) is 36.1 Å². The fourth-order valence-corrected chi connectivity index (χ4v) is 2.96. The molecule has 3 rings (SSSR count). The highest BCUT2D eigenvalue weighted by Crippen LogP contribution is 2.33. The number of aldehydes is 1. The lowest BCUT2D eigenvalue weighted by atomic mass is 9.80. The van der Waals surface area contributed by atoms with Gasteiger partial charge in [0.15, 0.2) is 0 Å². The number of hydrogen-bond acceptors (Lipinski definition) is 3. The molecule has 1 aliphatic carbocycles. The zero-order chi connectivity index (χ0) is 14.1. The van der Waals surface area contributed by atoms with Gasteiger partial charge in [0.1, 0.15) is 6.29 Å². The van der Waals surface area contributed by atoms with Crippen LogP contribution in [0.25, 0.3) is 11.3 Å². The molecule has 0 bridgehead atoms. The molecule has 2 unspecified atom stereocenters. The summed E-state index contributed by atoms with van der Waals surface area (Å²) in [6.07, 6.45) is 2.88. The van der Waals surface area contributed by atoms with Crippen LogP contribution in [0.2, 0.25) is 0 Å². The van der Waals surface area contributed by atoms with Crippen LogP contribution in [-0.2, 0) is 11.2 Å². The van der Waals surface area contributed by atoms with Gasteiger partial charge in [-0.05, 0) is 43.4 Å². The Morgan fingerprint density at radius 3 is 2.85 bits per heavy atom. The molecule has 1 heterocycles. The van der Waals surface area contributed by atoms with Crippen molar-refractivity contribution in [2.24, 2.45) is 5.92 Å². The quantitative estimate of drug-likeness (QED) is 0.783. The number of nitrogens with zero attached hydrogens (tertiary/aromatic N) is 2. The van der Waals surface area contributed by atoms with E-state index < -0.39 is 0 Å². The Balaban J connectivity index is 2.06. The van der Waals surface area contributed by atoms with Gasteiger partial charge in [0.2, 0.25) is 0 Å². The number of rotatable bonds is 2. The molecular weight excluding hydrogens is 248 g/mol. The molecule has 2 aromatic rings. The number of aromatic nitrogens is 2. The lowest BCUT2D eigenvalue weighted by Gasteiger charge is -2.25. The Labute approximate surface area is 119 Å². The second-order valence-electron chi connectivity index (χ2n) is 5.79. The monoisotopic (exact) mass is 266 g/mol. The van der Waals surface area contributed by atoms with E-state index >= 15 is 0 Å². The minimum Gasteiger partial charge on any atom is -0.303 e. The van der Waals surface area contributed by atoms with Crippen molar-refractivity contribution in [3.8, 4) is 11.3 Å². The molecule has 3 nitrogen and oxygen atoms in total. The molecule has 1 aromatic carbocycles. The Bertz CT molecular complexity index is 651. The average molecular weight is 266 g/mol. The van der Waals surface area contributed by atoms with Crippen molar-refractivity contribution in [2.75, 3.05) is 0 Å². The van der Waals surface area contributed by atoms with E-state index in [2.05, 4.69) is 36.2 Å². The molecular formula is C17H18N2O. The summed E-state index contributed by atoms with van der Waals surface area (Å²) >= 11 is 0. The average Bonchev–Trinajstić information content (AvgIpc) is 2.46. The first-order valence-corrected chi connectivity index (χ1v) is 7.06. The highest BCUT2D eigenvalue weighted by molar-refractivity contribution is 5.67. The molecule has 0 saturated heterocycles. The van der Waals surface area contributed by atoms with Gasteiger partial charge in [-0.25, -0.2) is 0 Å². The first-order chi connectivity index (χ1) is 9.67. The van der Waals surface area contributed by atoms with Gasteiger partial charge >= 0.3 is 0 Å². The standard InChI is InChI=1S/C17H18N2O/c1-11-4-3-5-13(6-11)16-9-15-14(10-20)7-12(2)8-17(15)19-18-16/h3-6,9-10,12,14H,7-8H2,1-2H3. The summed E-state index contributed by atoms with van der Waals surface area (Å²) in [5.41, 5.74) is 5.15. The van der Waals surface area contributed by atoms with Gasteiger partial charge in [-0.2, -0.15) is 10.2 Å². The number of carbonyl (C=O) groups excluding carboxylic acids is 1. The summed E-state index contributed by atoms with van der Waals surface area (Å²) in [7, 11) is 0. The lowest BCUT2D eigenvalue weighted by Crippen LogP contribution is -2.19. The summed E-state index contributed by atoms with van der Waals surface area (Å²) in [4.78, 5) is 11.3. The van der Waals surface area contributed by atoms with Gasteiger partial charge in [0.25, 0.3) is 0 Å². The molecule has 0 fully saturated rings. The summed E-state index contributed by atoms with van der Waals surface area (Å²) in [6, 6.07) is 10.3. The SMILES string of the molecule is Cc1cccc(-c2cc3c(nn2)CC(C)CC3C=O)c1. The molecule has 0 saturated carbocycles. The van der Waals surface area contributed by atoms with Crippen LogP contribution in [0.15, 0.2) is 30.3 Å². The Hall–Kier alpha value is -2.03. The predicted molar refractivity (Wildman–Crippen MR) is 78.5 cm³/mol. The van der Waals surface area contributed by atoms with Crippen molar-refractivity contribution in [3.05, 3.63) is 47.2 Å². The largest absolute Gasteiger partial charge is 0.303 e. The zero-order valence-corrected chi connectivity index (χ0v) is 11.8. The zero-order valence-electron chi connectivity index (χ0n) is 11.8. The number of carbonyl (C=O) groups is 1. The molecule has 1 aliphatic rings. The normalized spacial score (nSPS) is 21.3. The van der Waals surface area contributed by atoms with Crippen molar-refractivity contribution in [1.29, 1.82) is 0 Å². The maximum Gasteiger partial charge on any atom is 0.127 e. The smallest absolute Gasteiger partial charge is 0.127 e. The molecule has 0 N–H and O–H groups in total. The van der Waals surface area contributed by atoms with Crippen molar-refractivity contribution in [1.82, 2.24) is 10.2 Å². The van der Waals surface area contributed by atoms with Crippen LogP contribution in [-0.4, -0.2) is 16.5 Å². The van der Waals surface area contributed by atoms with Crippen LogP contribution >= 0.6 is 0 Å². The first kappa shape index (κ1) is 13.0. The molecule has 0 radical (unpaired) electrons. The van der Waals surface area contributed by atoms with Crippen LogP contribution in [0, 0.1) is 12.8 Å². The number of fused-ring (bicyclic) bond motifs is 1. The van der Waals surface area contributed by atoms with E-state index in [0.29, 0.717) is 5.92 Å². The second kappa shape index (κ2) is 5.16. The molecule has 0 aliphatic heterocycles. The summed E-state index contributed by atoms with van der Waals surface area (Å²) in [5.74, 6) is 0.463. The number of aryl methyl sites for hydroxylation is 1.